The summed E-state index contributed by atoms with van der Waals surface area (Å²) in [7, 11) is 12.2. The fourth-order valence-corrected chi connectivity index (χ4v) is 10.3. The van der Waals surface area contributed by atoms with Crippen molar-refractivity contribution >= 4 is 78.6 Å². The van der Waals surface area contributed by atoms with E-state index in [0.717, 1.165) is 103 Å². The van der Waals surface area contributed by atoms with Gasteiger partial charge in [-0.05, 0) is 156 Å². The summed E-state index contributed by atoms with van der Waals surface area (Å²) in [6.45, 7) is 5.66. The average Bonchev–Trinajstić information content (AvgIpc) is 3.61. The van der Waals surface area contributed by atoms with Gasteiger partial charge in [0.25, 0.3) is 11.8 Å². The lowest BCUT2D eigenvalue weighted by Crippen LogP contribution is -2.36. The molecule has 7 aromatic rings. The Labute approximate surface area is 462 Å². The number of hydrogen-bond acceptors (Lipinski definition) is 8. The lowest BCUT2D eigenvalue weighted by molar-refractivity contribution is -0.646. The van der Waals surface area contributed by atoms with Crippen LogP contribution in [0.5, 0.6) is 0 Å². The van der Waals surface area contributed by atoms with Crippen molar-refractivity contribution in [3.05, 3.63) is 131 Å². The van der Waals surface area contributed by atoms with Crippen LogP contribution in [-0.2, 0) is 35.8 Å². The Balaban J connectivity index is 0.711. The van der Waals surface area contributed by atoms with Gasteiger partial charge in [-0.1, -0.05) is 18.2 Å². The highest BCUT2D eigenvalue weighted by Crippen LogP contribution is 2.26. The van der Waals surface area contributed by atoms with E-state index in [1.165, 1.54) is 66.1 Å². The van der Waals surface area contributed by atoms with Crippen LogP contribution in [0, 0.1) is 0 Å². The summed E-state index contributed by atoms with van der Waals surface area (Å²) in [6.07, 6.45) is 11.6. The SMILES string of the molecule is CNCc1ccc2cc3ccc(CNC)cc3[n+](CCCCCC(=O)NCCCCCNC(=O)c3cccc(C(=O)NCCCCCNC(=O)CCCCC[n+]4c5cc(N(C)C)ccc5cc5ccc(N(C)C)cc54)c3)c2c1. The number of aromatic nitrogens is 2. The summed E-state index contributed by atoms with van der Waals surface area (Å²) in [6, 6.07) is 38.1. The van der Waals surface area contributed by atoms with Crippen molar-refractivity contribution in [3.8, 4) is 0 Å². The number of carbonyl (C=O) groups is 4. The van der Waals surface area contributed by atoms with Gasteiger partial charge in [0.05, 0.1) is 0 Å². The molecule has 2 heterocycles. The number of nitrogens with one attached hydrogen (secondary N) is 6. The standard InChI is InChI=1S/C64H84N10O4/c1-65-45-47-24-26-49-40-50-27-25-48(46-66-2)39-58(50)73(57(49)38-47)36-17-7-11-22-61(75)67-32-13-9-15-34-69-63(77)53-20-19-21-54(42-53)64(78)70-35-16-10-14-33-68-62(76)23-12-8-18-37-74-59-43-55(71(3)4)30-28-51(59)41-52-29-31-56(72(5)6)44-60(52)74/h19-21,24-31,38-44,65-66H,7-18,22-23,32-37,45-46H2,1-6H3,(H2-2,67,68,69,70,75,76,77,78)/p+2. The molecule has 2 aromatic heterocycles. The van der Waals surface area contributed by atoms with Crippen LogP contribution in [0.4, 0.5) is 11.4 Å². The van der Waals surface area contributed by atoms with Gasteiger partial charge in [0, 0.05) is 161 Å². The molecule has 0 fully saturated rings. The van der Waals surface area contributed by atoms with Gasteiger partial charge in [-0.25, -0.2) is 0 Å². The minimum Gasteiger partial charge on any atom is -0.377 e. The Morgan fingerprint density at radius 1 is 0.397 bits per heavy atom. The van der Waals surface area contributed by atoms with Crippen LogP contribution in [0.1, 0.15) is 122 Å². The maximum atomic E-state index is 13.0. The second kappa shape index (κ2) is 30.1. The summed E-state index contributed by atoms with van der Waals surface area (Å²) >= 11 is 0. The maximum Gasteiger partial charge on any atom is 0.251 e. The molecule has 0 saturated heterocycles. The number of amides is 4. The fraction of sp³-hybridized carbons (Fsp3) is 0.438. The topological polar surface area (TPSA) is 155 Å². The van der Waals surface area contributed by atoms with Crippen LogP contribution in [0.25, 0.3) is 43.6 Å². The largest absolute Gasteiger partial charge is 0.377 e. The van der Waals surface area contributed by atoms with Gasteiger partial charge in [0.2, 0.25) is 33.9 Å². The molecule has 5 aromatic carbocycles. The smallest absolute Gasteiger partial charge is 0.251 e. The first-order valence-electron chi connectivity index (χ1n) is 28.5. The summed E-state index contributed by atoms with van der Waals surface area (Å²) in [5, 5.41) is 23.6. The molecule has 414 valence electrons. The molecule has 4 amide bonds. The number of aryl methyl sites for hydroxylation is 2. The Morgan fingerprint density at radius 3 is 1.17 bits per heavy atom. The molecule has 0 spiro atoms. The van der Waals surface area contributed by atoms with Gasteiger partial charge in [-0.2, -0.15) is 9.13 Å². The number of benzene rings is 5. The third-order valence-electron chi connectivity index (χ3n) is 14.7. The summed E-state index contributed by atoms with van der Waals surface area (Å²) in [4.78, 5) is 55.6. The minimum absolute atomic E-state index is 0.0840. The van der Waals surface area contributed by atoms with Crippen molar-refractivity contribution in [2.24, 2.45) is 0 Å². The fourth-order valence-electron chi connectivity index (χ4n) is 10.3. The van der Waals surface area contributed by atoms with Gasteiger partial charge < -0.3 is 41.7 Å². The predicted molar refractivity (Wildman–Crippen MR) is 319 cm³/mol. The first-order chi connectivity index (χ1) is 37.9. The summed E-state index contributed by atoms with van der Waals surface area (Å²) in [5.41, 5.74) is 10.7. The zero-order chi connectivity index (χ0) is 55.2. The molecule has 0 unspecified atom stereocenters. The van der Waals surface area contributed by atoms with E-state index in [4.69, 9.17) is 0 Å². The molecule has 14 heteroatoms. The first-order valence-corrected chi connectivity index (χ1v) is 28.5. The third kappa shape index (κ3) is 16.9. The Morgan fingerprint density at radius 2 is 0.769 bits per heavy atom. The number of fused-ring (bicyclic) bond motifs is 4. The third-order valence-corrected chi connectivity index (χ3v) is 14.7. The van der Waals surface area contributed by atoms with E-state index in [9.17, 15) is 19.2 Å². The highest BCUT2D eigenvalue weighted by molar-refractivity contribution is 5.99. The van der Waals surface area contributed by atoms with Crippen LogP contribution in [0.2, 0.25) is 0 Å². The molecule has 0 radical (unpaired) electrons. The number of nitrogens with zero attached hydrogens (tertiary/aromatic N) is 4. The van der Waals surface area contributed by atoms with E-state index < -0.39 is 0 Å². The number of unbranched alkanes of at least 4 members (excludes halogenated alkanes) is 8. The molecular weight excluding hydrogens is 973 g/mol. The molecule has 0 aliphatic carbocycles. The van der Waals surface area contributed by atoms with Gasteiger partial charge in [-0.15, -0.1) is 0 Å². The average molecular weight is 1060 g/mol. The highest BCUT2D eigenvalue weighted by Gasteiger charge is 2.20. The minimum atomic E-state index is -0.213. The molecule has 7 rings (SSSR count). The molecule has 0 bridgehead atoms. The van der Waals surface area contributed by atoms with E-state index in [-0.39, 0.29) is 23.6 Å². The van der Waals surface area contributed by atoms with Crippen molar-refractivity contribution in [2.45, 2.75) is 116 Å². The van der Waals surface area contributed by atoms with Crippen molar-refractivity contribution < 1.29 is 28.3 Å². The van der Waals surface area contributed by atoms with Crippen LogP contribution in [-0.4, -0.2) is 92.1 Å². The zero-order valence-corrected chi connectivity index (χ0v) is 47.4. The van der Waals surface area contributed by atoms with Crippen molar-refractivity contribution in [1.29, 1.82) is 0 Å². The lowest BCUT2D eigenvalue weighted by Gasteiger charge is -2.15. The van der Waals surface area contributed by atoms with Crippen molar-refractivity contribution in [1.82, 2.24) is 31.9 Å². The molecule has 6 N–H and O–H groups in total. The molecule has 0 saturated carbocycles. The zero-order valence-electron chi connectivity index (χ0n) is 47.4. The van der Waals surface area contributed by atoms with Crippen LogP contribution >= 0.6 is 0 Å². The van der Waals surface area contributed by atoms with Gasteiger partial charge >= 0.3 is 0 Å². The van der Waals surface area contributed by atoms with E-state index in [1.807, 2.05) is 14.1 Å². The monoisotopic (exact) mass is 1060 g/mol. The maximum absolute atomic E-state index is 13.0. The Hall–Kier alpha value is -7.16. The molecular formula is C64H86N10O4+2. The Kier molecular flexibility index (Phi) is 22.6. The number of anilines is 2. The highest BCUT2D eigenvalue weighted by atomic mass is 16.2. The number of carbonyl (C=O) groups excluding carboxylic acids is 4. The van der Waals surface area contributed by atoms with Crippen molar-refractivity contribution in [3.63, 3.8) is 0 Å². The molecule has 78 heavy (non-hydrogen) atoms. The van der Waals surface area contributed by atoms with E-state index in [2.05, 4.69) is 164 Å². The lowest BCUT2D eigenvalue weighted by atomic mass is 10.0. The van der Waals surface area contributed by atoms with E-state index >= 15 is 0 Å². The summed E-state index contributed by atoms with van der Waals surface area (Å²) in [5.74, 6) is -0.256. The molecule has 0 aliphatic rings. The van der Waals surface area contributed by atoms with Crippen molar-refractivity contribution in [2.75, 3.05) is 78.3 Å². The van der Waals surface area contributed by atoms with Crippen LogP contribution in [0.15, 0.2) is 109 Å². The molecule has 14 nitrogen and oxygen atoms in total. The first kappa shape index (κ1) is 58.5. The quantitative estimate of drug-likeness (QED) is 0.0139. The van der Waals surface area contributed by atoms with Gasteiger partial charge in [-0.3, -0.25) is 19.2 Å². The predicted octanol–water partition coefficient (Wildman–Crippen LogP) is 9.00. The number of hydrogen-bond donors (Lipinski definition) is 6. The van der Waals surface area contributed by atoms with Crippen LogP contribution in [0.3, 0.4) is 0 Å². The number of rotatable bonds is 32. The summed E-state index contributed by atoms with van der Waals surface area (Å²) < 4.78 is 4.90. The van der Waals surface area contributed by atoms with Gasteiger partial charge in [0.1, 0.15) is 13.1 Å². The molecule has 0 atom stereocenters. The van der Waals surface area contributed by atoms with E-state index in [1.54, 1.807) is 24.3 Å². The van der Waals surface area contributed by atoms with Gasteiger partial charge in [0.15, 0.2) is 0 Å². The molecule has 0 aliphatic heterocycles. The second-order valence-corrected chi connectivity index (χ2v) is 21.2. The van der Waals surface area contributed by atoms with E-state index in [0.29, 0.717) is 50.1 Å². The Bertz CT molecular complexity index is 3010. The number of pyridine rings is 2. The second-order valence-electron chi connectivity index (χ2n) is 21.2. The van der Waals surface area contributed by atoms with Crippen LogP contribution < -0.4 is 50.8 Å². The normalized spacial score (nSPS) is 11.4.